The van der Waals surface area contributed by atoms with Crippen LogP contribution in [0.3, 0.4) is 0 Å². The summed E-state index contributed by atoms with van der Waals surface area (Å²) in [5, 5.41) is 0. The van der Waals surface area contributed by atoms with Crippen molar-refractivity contribution in [2.24, 2.45) is 20.0 Å². The van der Waals surface area contributed by atoms with Crippen LogP contribution < -0.4 is 20.7 Å². The first-order valence-electron chi connectivity index (χ1n) is 7.24. The van der Waals surface area contributed by atoms with Crippen LogP contribution in [-0.4, -0.2) is 22.3 Å². The lowest BCUT2D eigenvalue weighted by Crippen LogP contribution is -2.46. The molecule has 0 saturated heterocycles. The third-order valence-corrected chi connectivity index (χ3v) is 4.57. The van der Waals surface area contributed by atoms with Crippen molar-refractivity contribution >= 4 is 0 Å². The molecular formula is C16H16N2O4. The molecule has 4 rings (SSSR count). The number of para-hydroxylation sites is 1. The molecule has 0 unspecified atom stereocenters. The van der Waals surface area contributed by atoms with Gasteiger partial charge in [0.25, 0.3) is 5.56 Å². The Morgan fingerprint density at radius 3 is 2.59 bits per heavy atom. The van der Waals surface area contributed by atoms with Crippen molar-refractivity contribution in [2.45, 2.75) is 5.92 Å². The zero-order valence-corrected chi connectivity index (χ0v) is 12.4. The summed E-state index contributed by atoms with van der Waals surface area (Å²) in [7, 11) is 3.13. The number of aromatic nitrogens is 2. The summed E-state index contributed by atoms with van der Waals surface area (Å²) in [6.45, 7) is 0.944. The van der Waals surface area contributed by atoms with Crippen molar-refractivity contribution in [3.05, 3.63) is 56.2 Å². The Balaban J connectivity index is 2.05. The van der Waals surface area contributed by atoms with E-state index in [2.05, 4.69) is 0 Å². The Kier molecular flexibility index (Phi) is 2.69. The molecule has 6 heteroatoms. The van der Waals surface area contributed by atoms with E-state index in [1.807, 2.05) is 24.3 Å². The minimum Gasteiger partial charge on any atom is -0.493 e. The lowest BCUT2D eigenvalue weighted by atomic mass is 9.79. The standard InChI is InChI=1S/C16H16N2O4/c1-17-14(19)13-12-9(8-22-15(13)18(2)16(17)20)7-21-11-6-4-3-5-10(11)12/h3-6,9,12H,7-8H2,1-2H3/t9-,12+/m0/s1. The molecule has 0 amide bonds. The first-order chi connectivity index (χ1) is 10.6. The number of fused-ring (bicyclic) bond motifs is 5. The highest BCUT2D eigenvalue weighted by molar-refractivity contribution is 5.47. The van der Waals surface area contributed by atoms with Gasteiger partial charge in [-0.2, -0.15) is 0 Å². The van der Waals surface area contributed by atoms with Gasteiger partial charge in [-0.25, -0.2) is 4.79 Å². The molecule has 3 heterocycles. The van der Waals surface area contributed by atoms with Gasteiger partial charge in [0, 0.05) is 31.5 Å². The molecule has 0 bridgehead atoms. The summed E-state index contributed by atoms with van der Waals surface area (Å²) in [4.78, 5) is 24.8. The lowest BCUT2D eigenvalue weighted by Gasteiger charge is -2.37. The van der Waals surface area contributed by atoms with Gasteiger partial charge < -0.3 is 9.47 Å². The van der Waals surface area contributed by atoms with Gasteiger partial charge in [0.1, 0.15) is 5.75 Å². The van der Waals surface area contributed by atoms with E-state index in [4.69, 9.17) is 9.47 Å². The number of hydrogen-bond donors (Lipinski definition) is 0. The SMILES string of the molecule is Cn1c2c(c(=O)n(C)c1=O)[C@H]1c3ccccc3OC[C@H]1CO2. The minimum absolute atomic E-state index is 0.0765. The quantitative estimate of drug-likeness (QED) is 0.715. The third-order valence-electron chi connectivity index (χ3n) is 4.57. The van der Waals surface area contributed by atoms with E-state index in [1.54, 1.807) is 7.05 Å². The van der Waals surface area contributed by atoms with Gasteiger partial charge >= 0.3 is 5.69 Å². The van der Waals surface area contributed by atoms with Gasteiger partial charge in [-0.3, -0.25) is 13.9 Å². The molecule has 0 fully saturated rings. The molecule has 22 heavy (non-hydrogen) atoms. The third kappa shape index (κ3) is 1.60. The van der Waals surface area contributed by atoms with Crippen molar-refractivity contribution in [2.75, 3.05) is 13.2 Å². The largest absolute Gasteiger partial charge is 0.493 e. The summed E-state index contributed by atoms with van der Waals surface area (Å²) >= 11 is 0. The minimum atomic E-state index is -0.373. The second-order valence-electron chi connectivity index (χ2n) is 5.82. The predicted molar refractivity (Wildman–Crippen MR) is 79.7 cm³/mol. The summed E-state index contributed by atoms with van der Waals surface area (Å²) in [6, 6.07) is 7.74. The van der Waals surface area contributed by atoms with E-state index < -0.39 is 0 Å². The number of hydrogen-bond acceptors (Lipinski definition) is 4. The van der Waals surface area contributed by atoms with Gasteiger partial charge in [-0.15, -0.1) is 0 Å². The zero-order chi connectivity index (χ0) is 15.4. The Hall–Kier alpha value is -2.50. The summed E-state index contributed by atoms with van der Waals surface area (Å²) in [5.74, 6) is 1.16. The molecule has 2 aliphatic heterocycles. The van der Waals surface area contributed by atoms with E-state index in [-0.39, 0.29) is 23.1 Å². The van der Waals surface area contributed by atoms with Crippen LogP contribution in [-0.2, 0) is 14.1 Å². The summed E-state index contributed by atoms with van der Waals surface area (Å²) in [6.07, 6.45) is 0. The first kappa shape index (κ1) is 13.2. The fraction of sp³-hybridized carbons (Fsp3) is 0.375. The fourth-order valence-electron chi connectivity index (χ4n) is 3.43. The number of ether oxygens (including phenoxy) is 2. The number of rotatable bonds is 0. The molecule has 114 valence electrons. The van der Waals surface area contributed by atoms with Gasteiger partial charge in [-0.05, 0) is 6.07 Å². The van der Waals surface area contributed by atoms with Crippen molar-refractivity contribution in [1.82, 2.24) is 9.13 Å². The summed E-state index contributed by atoms with van der Waals surface area (Å²) < 4.78 is 14.0. The van der Waals surface area contributed by atoms with E-state index >= 15 is 0 Å². The molecule has 0 aliphatic carbocycles. The Bertz CT molecular complexity index is 881. The molecule has 0 spiro atoms. The molecule has 1 aromatic heterocycles. The van der Waals surface area contributed by atoms with Crippen LogP contribution >= 0.6 is 0 Å². The number of benzene rings is 1. The molecule has 2 atom stereocenters. The lowest BCUT2D eigenvalue weighted by molar-refractivity contribution is 0.116. The highest BCUT2D eigenvalue weighted by Gasteiger charge is 2.41. The van der Waals surface area contributed by atoms with E-state index in [1.165, 1.54) is 11.6 Å². The van der Waals surface area contributed by atoms with Gasteiger partial charge in [0.2, 0.25) is 5.88 Å². The van der Waals surface area contributed by atoms with Crippen molar-refractivity contribution in [3.63, 3.8) is 0 Å². The number of nitrogens with zero attached hydrogens (tertiary/aromatic N) is 2. The second-order valence-corrected chi connectivity index (χ2v) is 5.82. The van der Waals surface area contributed by atoms with E-state index in [9.17, 15) is 9.59 Å². The van der Waals surface area contributed by atoms with Crippen LogP contribution in [0, 0.1) is 5.92 Å². The average Bonchev–Trinajstić information content (AvgIpc) is 2.56. The van der Waals surface area contributed by atoms with Crippen LogP contribution in [0.5, 0.6) is 11.6 Å². The topological polar surface area (TPSA) is 62.5 Å². The van der Waals surface area contributed by atoms with E-state index in [0.717, 1.165) is 15.9 Å². The second kappa shape index (κ2) is 4.50. The predicted octanol–water partition coefficient (Wildman–Crippen LogP) is 0.617. The maximum atomic E-state index is 12.7. The molecule has 2 aromatic rings. The molecule has 2 aliphatic rings. The molecule has 0 saturated carbocycles. The van der Waals surface area contributed by atoms with Gasteiger partial charge in [0.15, 0.2) is 0 Å². The Morgan fingerprint density at radius 2 is 1.77 bits per heavy atom. The van der Waals surface area contributed by atoms with Crippen molar-refractivity contribution in [3.8, 4) is 11.6 Å². The smallest absolute Gasteiger partial charge is 0.333 e. The maximum absolute atomic E-state index is 12.7. The monoisotopic (exact) mass is 300 g/mol. The van der Waals surface area contributed by atoms with Crippen LogP contribution in [0.15, 0.2) is 33.9 Å². The normalized spacial score (nSPS) is 21.9. The fourth-order valence-corrected chi connectivity index (χ4v) is 3.43. The van der Waals surface area contributed by atoms with Crippen LogP contribution in [0.1, 0.15) is 17.0 Å². The average molecular weight is 300 g/mol. The first-order valence-corrected chi connectivity index (χ1v) is 7.24. The highest BCUT2D eigenvalue weighted by Crippen LogP contribution is 2.45. The van der Waals surface area contributed by atoms with Crippen LogP contribution in [0.2, 0.25) is 0 Å². The highest BCUT2D eigenvalue weighted by atomic mass is 16.5. The van der Waals surface area contributed by atoms with Crippen LogP contribution in [0.4, 0.5) is 0 Å². The summed E-state index contributed by atoms with van der Waals surface area (Å²) in [5.41, 5.74) is 0.877. The molecule has 0 radical (unpaired) electrons. The maximum Gasteiger partial charge on any atom is 0.333 e. The molecule has 1 aromatic carbocycles. The molecule has 6 nitrogen and oxygen atoms in total. The van der Waals surface area contributed by atoms with Crippen molar-refractivity contribution < 1.29 is 9.47 Å². The van der Waals surface area contributed by atoms with Gasteiger partial charge in [-0.1, -0.05) is 18.2 Å². The van der Waals surface area contributed by atoms with E-state index in [0.29, 0.717) is 24.7 Å². The van der Waals surface area contributed by atoms with Gasteiger partial charge in [0.05, 0.1) is 18.8 Å². The van der Waals surface area contributed by atoms with Crippen molar-refractivity contribution in [1.29, 1.82) is 0 Å². The molecule has 0 N–H and O–H groups in total. The Labute approximate surface area is 126 Å². The van der Waals surface area contributed by atoms with Crippen LogP contribution in [0.25, 0.3) is 0 Å². The Morgan fingerprint density at radius 1 is 1.05 bits per heavy atom. The molecular weight excluding hydrogens is 284 g/mol. The zero-order valence-electron chi connectivity index (χ0n) is 12.4.